The van der Waals surface area contributed by atoms with E-state index in [1.807, 2.05) is 12.1 Å². The zero-order valence-corrected chi connectivity index (χ0v) is 18.5. The summed E-state index contributed by atoms with van der Waals surface area (Å²) in [5.74, 6) is -0.204. The lowest BCUT2D eigenvalue weighted by atomic mass is 9.97. The first-order valence-electron chi connectivity index (χ1n) is 9.78. The SMILES string of the molecule is O=C(CSc1ccccc1C(=O)OCc1nnsc1Cl)NC1CCCCCCC1. The minimum absolute atomic E-state index is 0.00377. The number of nitrogens with zero attached hydrogens (tertiary/aromatic N) is 2. The Labute approximate surface area is 183 Å². The number of aromatic nitrogens is 2. The molecule has 1 amide bonds. The van der Waals surface area contributed by atoms with Gasteiger partial charge in [0.25, 0.3) is 0 Å². The fourth-order valence-electron chi connectivity index (χ4n) is 3.27. The summed E-state index contributed by atoms with van der Waals surface area (Å²) in [6, 6.07) is 7.39. The maximum atomic E-state index is 12.5. The molecule has 1 heterocycles. The smallest absolute Gasteiger partial charge is 0.339 e. The molecule has 1 N–H and O–H groups in total. The first kappa shape index (κ1) is 22.1. The predicted octanol–water partition coefficient (Wildman–Crippen LogP) is 4.87. The molecule has 2 aromatic rings. The summed E-state index contributed by atoms with van der Waals surface area (Å²) in [4.78, 5) is 25.6. The lowest BCUT2D eigenvalue weighted by Gasteiger charge is -2.21. The molecule has 0 bridgehead atoms. The first-order valence-corrected chi connectivity index (χ1v) is 11.9. The van der Waals surface area contributed by atoms with Crippen LogP contribution in [0.4, 0.5) is 0 Å². The van der Waals surface area contributed by atoms with Gasteiger partial charge in [0.15, 0.2) is 0 Å². The van der Waals surface area contributed by atoms with Crippen LogP contribution in [0.2, 0.25) is 4.34 Å². The third-order valence-corrected chi connectivity index (χ3v) is 6.84. The van der Waals surface area contributed by atoms with Gasteiger partial charge in [-0.1, -0.05) is 60.3 Å². The molecule has 0 spiro atoms. The van der Waals surface area contributed by atoms with E-state index in [-0.39, 0.29) is 24.3 Å². The Morgan fingerprint density at radius 3 is 2.62 bits per heavy atom. The van der Waals surface area contributed by atoms with Crippen LogP contribution in [0.1, 0.15) is 61.0 Å². The Balaban J connectivity index is 1.52. The summed E-state index contributed by atoms with van der Waals surface area (Å²) >= 11 is 8.33. The van der Waals surface area contributed by atoms with Crippen LogP contribution in [-0.4, -0.2) is 33.3 Å². The molecule has 9 heteroatoms. The van der Waals surface area contributed by atoms with Crippen LogP contribution in [0, 0.1) is 0 Å². The van der Waals surface area contributed by atoms with Gasteiger partial charge in [0, 0.05) is 22.5 Å². The maximum Gasteiger partial charge on any atom is 0.339 e. The first-order chi connectivity index (χ1) is 14.1. The third kappa shape index (κ3) is 6.97. The average Bonchev–Trinajstić information content (AvgIpc) is 3.11. The molecule has 0 saturated heterocycles. The monoisotopic (exact) mass is 453 g/mol. The second-order valence-corrected chi connectivity index (χ2v) is 9.34. The Bertz CT molecular complexity index is 823. The van der Waals surface area contributed by atoms with E-state index in [0.29, 0.717) is 20.5 Å². The standard InChI is InChI=1S/C20H24ClN3O3S2/c21-19-16(23-24-29-19)12-27-20(26)15-10-6-7-11-17(15)28-13-18(25)22-14-8-4-2-1-3-5-9-14/h6-7,10-11,14H,1-5,8-9,12-13H2,(H,22,25). The molecular weight excluding hydrogens is 430 g/mol. The molecule has 0 aliphatic heterocycles. The number of benzene rings is 1. The minimum Gasteiger partial charge on any atom is -0.455 e. The van der Waals surface area contributed by atoms with Crippen molar-refractivity contribution in [2.24, 2.45) is 0 Å². The molecule has 0 atom stereocenters. The van der Waals surface area contributed by atoms with Crippen molar-refractivity contribution in [2.75, 3.05) is 5.75 Å². The zero-order chi connectivity index (χ0) is 20.5. The van der Waals surface area contributed by atoms with E-state index in [4.69, 9.17) is 16.3 Å². The van der Waals surface area contributed by atoms with Gasteiger partial charge in [-0.15, -0.1) is 16.9 Å². The van der Waals surface area contributed by atoms with E-state index in [2.05, 4.69) is 14.9 Å². The molecule has 0 radical (unpaired) electrons. The zero-order valence-electron chi connectivity index (χ0n) is 16.1. The number of halogens is 1. The molecule has 156 valence electrons. The molecule has 6 nitrogen and oxygen atoms in total. The molecule has 1 aliphatic carbocycles. The Hall–Kier alpha value is -1.64. The summed E-state index contributed by atoms with van der Waals surface area (Å²) in [6.07, 6.45) is 8.24. The van der Waals surface area contributed by atoms with Gasteiger partial charge in [0.05, 0.1) is 11.3 Å². The summed E-state index contributed by atoms with van der Waals surface area (Å²) in [5.41, 5.74) is 0.865. The highest BCUT2D eigenvalue weighted by Gasteiger charge is 2.18. The summed E-state index contributed by atoms with van der Waals surface area (Å²) < 4.78 is 9.44. The molecule has 3 rings (SSSR count). The van der Waals surface area contributed by atoms with Gasteiger partial charge >= 0.3 is 5.97 Å². The van der Waals surface area contributed by atoms with Crippen LogP contribution < -0.4 is 5.32 Å². The van der Waals surface area contributed by atoms with Crippen molar-refractivity contribution in [2.45, 2.75) is 62.5 Å². The molecule has 29 heavy (non-hydrogen) atoms. The van der Waals surface area contributed by atoms with E-state index in [9.17, 15) is 9.59 Å². The molecule has 1 aromatic carbocycles. The van der Waals surface area contributed by atoms with Crippen LogP contribution >= 0.6 is 34.9 Å². The van der Waals surface area contributed by atoms with E-state index in [1.54, 1.807) is 12.1 Å². The number of esters is 1. The molecule has 1 saturated carbocycles. The van der Waals surface area contributed by atoms with Crippen LogP contribution in [0.5, 0.6) is 0 Å². The number of ether oxygens (including phenoxy) is 1. The number of carbonyl (C=O) groups excluding carboxylic acids is 2. The van der Waals surface area contributed by atoms with E-state index < -0.39 is 5.97 Å². The number of amides is 1. The van der Waals surface area contributed by atoms with Crippen LogP contribution in [0.25, 0.3) is 0 Å². The topological polar surface area (TPSA) is 81.2 Å². The Morgan fingerprint density at radius 1 is 1.17 bits per heavy atom. The highest BCUT2D eigenvalue weighted by atomic mass is 35.5. The van der Waals surface area contributed by atoms with Crippen molar-refractivity contribution in [1.29, 1.82) is 0 Å². The van der Waals surface area contributed by atoms with Gasteiger partial charge in [-0.2, -0.15) is 0 Å². The van der Waals surface area contributed by atoms with E-state index in [0.717, 1.165) is 24.4 Å². The predicted molar refractivity (Wildman–Crippen MR) is 115 cm³/mol. The summed E-state index contributed by atoms with van der Waals surface area (Å²) in [6.45, 7) is -0.0324. The fourth-order valence-corrected chi connectivity index (χ4v) is 4.72. The fraction of sp³-hybridized carbons (Fsp3) is 0.500. The Kier molecular flexibility index (Phi) is 8.76. The van der Waals surface area contributed by atoms with Gasteiger partial charge in [0.2, 0.25) is 5.91 Å². The second kappa shape index (κ2) is 11.5. The number of rotatable bonds is 7. The van der Waals surface area contributed by atoms with Crippen LogP contribution in [0.15, 0.2) is 29.2 Å². The lowest BCUT2D eigenvalue weighted by molar-refractivity contribution is -0.119. The molecule has 1 aliphatic rings. The molecular formula is C20H24ClN3O3S2. The van der Waals surface area contributed by atoms with Crippen LogP contribution in [-0.2, 0) is 16.1 Å². The maximum absolute atomic E-state index is 12.5. The Morgan fingerprint density at radius 2 is 1.90 bits per heavy atom. The molecule has 1 fully saturated rings. The van der Waals surface area contributed by atoms with Gasteiger partial charge < -0.3 is 10.1 Å². The average molecular weight is 454 g/mol. The van der Waals surface area contributed by atoms with Crippen molar-refractivity contribution < 1.29 is 14.3 Å². The van der Waals surface area contributed by atoms with Crippen LogP contribution in [0.3, 0.4) is 0 Å². The van der Waals surface area contributed by atoms with E-state index >= 15 is 0 Å². The highest BCUT2D eigenvalue weighted by molar-refractivity contribution is 8.00. The lowest BCUT2D eigenvalue weighted by Crippen LogP contribution is -2.36. The summed E-state index contributed by atoms with van der Waals surface area (Å²) in [5, 5.41) is 6.98. The van der Waals surface area contributed by atoms with Crippen molar-refractivity contribution in [1.82, 2.24) is 14.9 Å². The number of hydrogen-bond acceptors (Lipinski definition) is 7. The van der Waals surface area contributed by atoms with Crippen molar-refractivity contribution in [3.63, 3.8) is 0 Å². The minimum atomic E-state index is -0.474. The van der Waals surface area contributed by atoms with Gasteiger partial charge in [-0.05, 0) is 25.0 Å². The normalized spacial score (nSPS) is 15.3. The number of nitrogens with one attached hydrogen (secondary N) is 1. The second-order valence-electron chi connectivity index (χ2n) is 6.96. The van der Waals surface area contributed by atoms with E-state index in [1.165, 1.54) is 43.9 Å². The number of carbonyl (C=O) groups is 2. The van der Waals surface area contributed by atoms with Gasteiger partial charge in [0.1, 0.15) is 16.6 Å². The molecule has 1 aromatic heterocycles. The van der Waals surface area contributed by atoms with Crippen molar-refractivity contribution in [3.8, 4) is 0 Å². The van der Waals surface area contributed by atoms with Gasteiger partial charge in [-0.25, -0.2) is 4.79 Å². The number of hydrogen-bond donors (Lipinski definition) is 1. The van der Waals surface area contributed by atoms with Crippen molar-refractivity contribution in [3.05, 3.63) is 39.9 Å². The molecule has 0 unspecified atom stereocenters. The third-order valence-electron chi connectivity index (χ3n) is 4.79. The number of thioether (sulfide) groups is 1. The van der Waals surface area contributed by atoms with Gasteiger partial charge in [-0.3, -0.25) is 4.79 Å². The highest BCUT2D eigenvalue weighted by Crippen LogP contribution is 2.25. The van der Waals surface area contributed by atoms with Crippen molar-refractivity contribution >= 4 is 46.8 Å². The largest absolute Gasteiger partial charge is 0.455 e. The summed E-state index contributed by atoms with van der Waals surface area (Å²) in [7, 11) is 0. The quantitative estimate of drug-likeness (QED) is 0.475.